The van der Waals surface area contributed by atoms with Crippen molar-refractivity contribution >= 4 is 5.52 Å². The first-order valence-corrected chi connectivity index (χ1v) is 5.82. The molecule has 0 fully saturated rings. The number of aromatic nitrogens is 2. The number of nitrogens with zero attached hydrogens (tertiary/aromatic N) is 2. The summed E-state index contributed by atoms with van der Waals surface area (Å²) in [5.41, 5.74) is 9.21. The highest BCUT2D eigenvalue weighted by Crippen LogP contribution is 2.21. The zero-order valence-corrected chi connectivity index (χ0v) is 10.2. The number of fused-ring (bicyclic) bond motifs is 1. The number of hydrogen-bond acceptors (Lipinski definition) is 2. The highest BCUT2D eigenvalue weighted by molar-refractivity contribution is 5.54. The molecule has 0 saturated heterocycles. The Labute approximate surface area is 96.3 Å². The van der Waals surface area contributed by atoms with E-state index in [0.29, 0.717) is 12.5 Å². The number of rotatable bonds is 3. The van der Waals surface area contributed by atoms with Crippen molar-refractivity contribution in [3.63, 3.8) is 0 Å². The summed E-state index contributed by atoms with van der Waals surface area (Å²) in [6.07, 6.45) is 0.896. The second-order valence-corrected chi connectivity index (χ2v) is 4.49. The van der Waals surface area contributed by atoms with Gasteiger partial charge in [-0.1, -0.05) is 19.9 Å². The second kappa shape index (κ2) is 4.26. The van der Waals surface area contributed by atoms with E-state index in [1.54, 1.807) is 0 Å². The van der Waals surface area contributed by atoms with E-state index in [-0.39, 0.29) is 0 Å². The van der Waals surface area contributed by atoms with Crippen molar-refractivity contribution in [1.82, 2.24) is 9.38 Å². The molecule has 3 heteroatoms. The fourth-order valence-corrected chi connectivity index (χ4v) is 2.12. The van der Waals surface area contributed by atoms with Crippen LogP contribution in [0.5, 0.6) is 0 Å². The molecule has 2 aromatic rings. The van der Waals surface area contributed by atoms with Gasteiger partial charge in [0.25, 0.3) is 0 Å². The fourth-order valence-electron chi connectivity index (χ4n) is 2.12. The first-order chi connectivity index (χ1) is 7.65. The SMILES string of the molecule is Cc1nc(C(C)C)n2c(CCN)cccc12. The van der Waals surface area contributed by atoms with Crippen LogP contribution in [0.4, 0.5) is 0 Å². The van der Waals surface area contributed by atoms with Gasteiger partial charge in [-0.3, -0.25) is 0 Å². The zero-order chi connectivity index (χ0) is 11.7. The van der Waals surface area contributed by atoms with Gasteiger partial charge in [-0.05, 0) is 25.6 Å². The average molecular weight is 217 g/mol. The van der Waals surface area contributed by atoms with E-state index < -0.39 is 0 Å². The van der Waals surface area contributed by atoms with Crippen LogP contribution in [0.25, 0.3) is 5.52 Å². The van der Waals surface area contributed by atoms with Crippen LogP contribution in [0.15, 0.2) is 18.2 Å². The molecule has 86 valence electrons. The van der Waals surface area contributed by atoms with Gasteiger partial charge in [-0.15, -0.1) is 0 Å². The largest absolute Gasteiger partial charge is 0.330 e. The summed E-state index contributed by atoms with van der Waals surface area (Å²) < 4.78 is 2.26. The van der Waals surface area contributed by atoms with Crippen LogP contribution in [-0.4, -0.2) is 15.9 Å². The van der Waals surface area contributed by atoms with Gasteiger partial charge >= 0.3 is 0 Å². The van der Waals surface area contributed by atoms with Crippen LogP contribution in [0.3, 0.4) is 0 Å². The lowest BCUT2D eigenvalue weighted by atomic mass is 10.2. The number of hydrogen-bond donors (Lipinski definition) is 1. The zero-order valence-electron chi connectivity index (χ0n) is 10.2. The lowest BCUT2D eigenvalue weighted by molar-refractivity contribution is 0.746. The van der Waals surface area contributed by atoms with Crippen molar-refractivity contribution in [2.75, 3.05) is 6.54 Å². The molecular formula is C13H19N3. The maximum atomic E-state index is 5.65. The number of aryl methyl sites for hydroxylation is 1. The first kappa shape index (κ1) is 11.1. The Morgan fingerprint density at radius 2 is 2.12 bits per heavy atom. The molecule has 0 aliphatic rings. The van der Waals surface area contributed by atoms with Crippen molar-refractivity contribution in [2.45, 2.75) is 33.1 Å². The smallest absolute Gasteiger partial charge is 0.116 e. The van der Waals surface area contributed by atoms with Gasteiger partial charge < -0.3 is 10.1 Å². The van der Waals surface area contributed by atoms with E-state index in [2.05, 4.69) is 48.4 Å². The third-order valence-electron chi connectivity index (χ3n) is 2.87. The summed E-state index contributed by atoms with van der Waals surface area (Å²) in [4.78, 5) is 4.65. The molecule has 0 atom stereocenters. The Bertz CT molecular complexity index is 497. The summed E-state index contributed by atoms with van der Waals surface area (Å²) >= 11 is 0. The minimum Gasteiger partial charge on any atom is -0.330 e. The molecule has 16 heavy (non-hydrogen) atoms. The van der Waals surface area contributed by atoms with Gasteiger partial charge in [0.1, 0.15) is 5.82 Å². The third-order valence-corrected chi connectivity index (χ3v) is 2.87. The van der Waals surface area contributed by atoms with E-state index in [1.165, 1.54) is 11.2 Å². The van der Waals surface area contributed by atoms with Gasteiger partial charge in [0.15, 0.2) is 0 Å². The monoisotopic (exact) mass is 217 g/mol. The molecule has 2 rings (SSSR count). The number of imidazole rings is 1. The number of nitrogens with two attached hydrogens (primary N) is 1. The van der Waals surface area contributed by atoms with E-state index in [4.69, 9.17) is 5.73 Å². The molecule has 0 saturated carbocycles. The second-order valence-electron chi connectivity index (χ2n) is 4.49. The molecule has 0 bridgehead atoms. The van der Waals surface area contributed by atoms with Gasteiger partial charge in [0.05, 0.1) is 11.2 Å². The predicted octanol–water partition coefficient (Wildman–Crippen LogP) is 2.27. The van der Waals surface area contributed by atoms with Crippen molar-refractivity contribution in [1.29, 1.82) is 0 Å². The molecule has 0 aliphatic heterocycles. The van der Waals surface area contributed by atoms with Gasteiger partial charge in [-0.2, -0.15) is 0 Å². The van der Waals surface area contributed by atoms with Crippen molar-refractivity contribution in [3.8, 4) is 0 Å². The molecule has 0 radical (unpaired) electrons. The molecule has 2 aromatic heterocycles. The summed E-state index contributed by atoms with van der Waals surface area (Å²) in [5.74, 6) is 1.57. The van der Waals surface area contributed by atoms with Crippen LogP contribution in [0.2, 0.25) is 0 Å². The minimum atomic E-state index is 0.431. The molecule has 0 spiro atoms. The van der Waals surface area contributed by atoms with Crippen LogP contribution >= 0.6 is 0 Å². The van der Waals surface area contributed by atoms with Crippen LogP contribution < -0.4 is 5.73 Å². The predicted molar refractivity (Wildman–Crippen MR) is 66.8 cm³/mol. The third kappa shape index (κ3) is 1.71. The standard InChI is InChI=1S/C13H19N3/c1-9(2)13-15-10(3)12-6-4-5-11(7-8-14)16(12)13/h4-6,9H,7-8,14H2,1-3H3. The Morgan fingerprint density at radius 3 is 2.75 bits per heavy atom. The van der Waals surface area contributed by atoms with Crippen molar-refractivity contribution in [3.05, 3.63) is 35.4 Å². The Hall–Kier alpha value is -1.35. The topological polar surface area (TPSA) is 43.3 Å². The Morgan fingerprint density at radius 1 is 1.38 bits per heavy atom. The first-order valence-electron chi connectivity index (χ1n) is 5.82. The van der Waals surface area contributed by atoms with E-state index in [9.17, 15) is 0 Å². The molecule has 0 unspecified atom stereocenters. The summed E-state index contributed by atoms with van der Waals surface area (Å²) in [6, 6.07) is 6.33. The van der Waals surface area contributed by atoms with Gasteiger partial charge in [-0.25, -0.2) is 4.98 Å². The lowest BCUT2D eigenvalue weighted by Crippen LogP contribution is -2.09. The molecule has 3 nitrogen and oxygen atoms in total. The minimum absolute atomic E-state index is 0.431. The maximum absolute atomic E-state index is 5.65. The van der Waals surface area contributed by atoms with Crippen LogP contribution in [0.1, 0.15) is 37.0 Å². The molecule has 0 aliphatic carbocycles. The summed E-state index contributed by atoms with van der Waals surface area (Å²) in [6.45, 7) is 7.09. The maximum Gasteiger partial charge on any atom is 0.116 e. The summed E-state index contributed by atoms with van der Waals surface area (Å²) in [7, 11) is 0. The van der Waals surface area contributed by atoms with Crippen molar-refractivity contribution in [2.24, 2.45) is 5.73 Å². The highest BCUT2D eigenvalue weighted by atomic mass is 15.0. The van der Waals surface area contributed by atoms with Gasteiger partial charge in [0, 0.05) is 18.0 Å². The molecule has 0 amide bonds. The molecular weight excluding hydrogens is 198 g/mol. The summed E-state index contributed by atoms with van der Waals surface area (Å²) in [5, 5.41) is 0. The fraction of sp³-hybridized carbons (Fsp3) is 0.462. The Kier molecular flexibility index (Phi) is 2.97. The molecule has 2 heterocycles. The average Bonchev–Trinajstić information content (AvgIpc) is 2.58. The van der Waals surface area contributed by atoms with E-state index >= 15 is 0 Å². The Balaban J connectivity index is 2.72. The van der Waals surface area contributed by atoms with Crippen LogP contribution in [0, 0.1) is 6.92 Å². The van der Waals surface area contributed by atoms with E-state index in [1.807, 2.05) is 0 Å². The van der Waals surface area contributed by atoms with Crippen molar-refractivity contribution < 1.29 is 0 Å². The van der Waals surface area contributed by atoms with Crippen LogP contribution in [-0.2, 0) is 6.42 Å². The normalized spacial score (nSPS) is 11.6. The highest BCUT2D eigenvalue weighted by Gasteiger charge is 2.13. The molecule has 0 aromatic carbocycles. The quantitative estimate of drug-likeness (QED) is 0.857. The van der Waals surface area contributed by atoms with E-state index in [0.717, 1.165) is 17.9 Å². The molecule has 2 N–H and O–H groups in total. The number of pyridine rings is 1. The lowest BCUT2D eigenvalue weighted by Gasteiger charge is -2.09. The van der Waals surface area contributed by atoms with Gasteiger partial charge in [0.2, 0.25) is 0 Å².